The number of ether oxygens (including phenoxy) is 1. The van der Waals surface area contributed by atoms with Gasteiger partial charge >= 0.3 is 0 Å². The Hall–Kier alpha value is -3.40. The largest absolute Gasteiger partial charge is 0.463 e. The normalized spacial score (nSPS) is 17.1. The molecule has 4 heterocycles. The fraction of sp³-hybridized carbons (Fsp3) is 0.333. The van der Waals surface area contributed by atoms with Gasteiger partial charge < -0.3 is 9.64 Å². The summed E-state index contributed by atoms with van der Waals surface area (Å²) in [6, 6.07) is 9.62. The molecule has 0 bridgehead atoms. The molecule has 5 rings (SSSR count). The van der Waals surface area contributed by atoms with Gasteiger partial charge in [-0.25, -0.2) is 15.0 Å². The van der Waals surface area contributed by atoms with E-state index in [9.17, 15) is 0 Å². The van der Waals surface area contributed by atoms with Crippen LogP contribution in [-0.2, 0) is 6.42 Å². The quantitative estimate of drug-likeness (QED) is 0.438. The maximum absolute atomic E-state index is 6.17. The maximum atomic E-state index is 6.17. The average Bonchev–Trinajstić information content (AvgIpc) is 3.60. The average molecular weight is 435 g/mol. The molecular formula is C21H22N8OS. The molecule has 3 aromatic heterocycles. The summed E-state index contributed by atoms with van der Waals surface area (Å²) in [5.41, 5.74) is 1.94. The van der Waals surface area contributed by atoms with E-state index in [1.165, 1.54) is 0 Å². The fourth-order valence-electron chi connectivity index (χ4n) is 3.59. The van der Waals surface area contributed by atoms with Crippen LogP contribution in [-0.4, -0.2) is 48.2 Å². The number of benzene rings is 1. The summed E-state index contributed by atoms with van der Waals surface area (Å²) < 4.78 is 7.75. The molecule has 1 aromatic carbocycles. The molecule has 4 aromatic rings. The van der Waals surface area contributed by atoms with Crippen LogP contribution in [0.5, 0.6) is 5.75 Å². The Morgan fingerprint density at radius 1 is 1.19 bits per heavy atom. The molecule has 1 fully saturated rings. The summed E-state index contributed by atoms with van der Waals surface area (Å²) in [5, 5.41) is 14.7. The van der Waals surface area contributed by atoms with Gasteiger partial charge in [-0.1, -0.05) is 25.1 Å². The lowest BCUT2D eigenvalue weighted by Crippen LogP contribution is -2.22. The molecule has 0 aliphatic carbocycles. The van der Waals surface area contributed by atoms with Crippen molar-refractivity contribution in [1.29, 1.82) is 0 Å². The summed E-state index contributed by atoms with van der Waals surface area (Å²) in [4.78, 5) is 16.2. The van der Waals surface area contributed by atoms with Gasteiger partial charge in [-0.05, 0) is 41.0 Å². The van der Waals surface area contributed by atoms with E-state index in [0.29, 0.717) is 5.92 Å². The zero-order valence-electron chi connectivity index (χ0n) is 17.1. The van der Waals surface area contributed by atoms with Crippen LogP contribution in [0.2, 0.25) is 0 Å². The van der Waals surface area contributed by atoms with Gasteiger partial charge in [-0.2, -0.15) is 4.68 Å². The van der Waals surface area contributed by atoms with E-state index < -0.39 is 6.23 Å². The fourth-order valence-corrected chi connectivity index (χ4v) is 4.55. The van der Waals surface area contributed by atoms with Crippen molar-refractivity contribution in [2.75, 3.05) is 18.0 Å². The van der Waals surface area contributed by atoms with Gasteiger partial charge in [0.05, 0.1) is 5.01 Å². The Kier molecular flexibility index (Phi) is 5.53. The highest BCUT2D eigenvalue weighted by molar-refractivity contribution is 7.09. The molecule has 0 saturated carbocycles. The van der Waals surface area contributed by atoms with E-state index in [2.05, 4.69) is 37.3 Å². The van der Waals surface area contributed by atoms with Crippen LogP contribution in [0.15, 0.2) is 54.4 Å². The van der Waals surface area contributed by atoms with Crippen molar-refractivity contribution in [1.82, 2.24) is 35.2 Å². The van der Waals surface area contributed by atoms with Crippen LogP contribution in [0.1, 0.15) is 41.8 Å². The predicted molar refractivity (Wildman–Crippen MR) is 116 cm³/mol. The third kappa shape index (κ3) is 4.24. The van der Waals surface area contributed by atoms with Crippen molar-refractivity contribution in [2.45, 2.75) is 31.9 Å². The first kappa shape index (κ1) is 19.6. The highest BCUT2D eigenvalue weighted by Gasteiger charge is 2.29. The minimum Gasteiger partial charge on any atom is -0.463 e. The summed E-state index contributed by atoms with van der Waals surface area (Å²) in [6.07, 6.45) is 6.80. The molecule has 0 N–H and O–H groups in total. The van der Waals surface area contributed by atoms with Gasteiger partial charge in [-0.15, -0.1) is 16.4 Å². The molecular weight excluding hydrogens is 412 g/mol. The third-order valence-electron chi connectivity index (χ3n) is 5.31. The maximum Gasteiger partial charge on any atom is 0.238 e. The lowest BCUT2D eigenvalue weighted by molar-refractivity contribution is 0.152. The smallest absolute Gasteiger partial charge is 0.238 e. The summed E-state index contributed by atoms with van der Waals surface area (Å²) >= 11 is 1.65. The van der Waals surface area contributed by atoms with E-state index >= 15 is 0 Å². The zero-order chi connectivity index (χ0) is 21.0. The first-order chi connectivity index (χ1) is 15.3. The molecule has 0 spiro atoms. The second-order valence-electron chi connectivity index (χ2n) is 7.36. The molecule has 2 unspecified atom stereocenters. The summed E-state index contributed by atoms with van der Waals surface area (Å²) in [6.45, 7) is 3.88. The molecule has 1 aliphatic heterocycles. The molecule has 9 nitrogen and oxygen atoms in total. The van der Waals surface area contributed by atoms with Gasteiger partial charge in [0.2, 0.25) is 12.2 Å². The molecule has 10 heteroatoms. The SMILES string of the molecule is CCc1cnc(N2CCC(c3nc(C(Oc4ccccc4)n4cnnn4)cs3)C2)nc1. The molecule has 0 amide bonds. The van der Waals surface area contributed by atoms with Crippen molar-refractivity contribution in [3.8, 4) is 5.75 Å². The Balaban J connectivity index is 1.33. The highest BCUT2D eigenvalue weighted by Crippen LogP contribution is 2.33. The number of tetrazole rings is 1. The number of anilines is 1. The van der Waals surface area contributed by atoms with Crippen molar-refractivity contribution >= 4 is 17.3 Å². The second-order valence-corrected chi connectivity index (χ2v) is 8.25. The lowest BCUT2D eigenvalue weighted by Gasteiger charge is -2.17. The van der Waals surface area contributed by atoms with Crippen LogP contribution >= 0.6 is 11.3 Å². The van der Waals surface area contributed by atoms with Crippen molar-refractivity contribution in [3.63, 3.8) is 0 Å². The molecule has 1 saturated heterocycles. The van der Waals surface area contributed by atoms with Gasteiger partial charge in [0, 0.05) is 36.8 Å². The van der Waals surface area contributed by atoms with E-state index in [0.717, 1.165) is 53.9 Å². The van der Waals surface area contributed by atoms with Crippen LogP contribution in [0.25, 0.3) is 0 Å². The summed E-state index contributed by atoms with van der Waals surface area (Å²) in [7, 11) is 0. The van der Waals surface area contributed by atoms with E-state index in [1.807, 2.05) is 48.1 Å². The van der Waals surface area contributed by atoms with Crippen molar-refractivity contribution in [3.05, 3.63) is 70.7 Å². The monoisotopic (exact) mass is 434 g/mol. The number of aryl methyl sites for hydroxylation is 1. The molecule has 1 aliphatic rings. The van der Waals surface area contributed by atoms with Crippen molar-refractivity contribution < 1.29 is 4.74 Å². The molecule has 2 atom stereocenters. The minimum absolute atomic E-state index is 0.333. The van der Waals surface area contributed by atoms with Gasteiger partial charge in [-0.3, -0.25) is 0 Å². The summed E-state index contributed by atoms with van der Waals surface area (Å²) in [5.74, 6) is 1.85. The van der Waals surface area contributed by atoms with Gasteiger partial charge in [0.15, 0.2) is 0 Å². The van der Waals surface area contributed by atoms with E-state index in [1.54, 1.807) is 22.3 Å². The Labute approximate surface area is 183 Å². The standard InChI is InChI=1S/C21H22N8OS/c1-2-15-10-22-21(23-11-15)28-9-8-16(12-28)19-25-18(13-31-19)20(29-14-24-26-27-29)30-17-6-4-3-5-7-17/h3-7,10-11,13-14,16,20H,2,8-9,12H2,1H3. The Morgan fingerprint density at radius 3 is 2.77 bits per heavy atom. The number of rotatable bonds is 7. The van der Waals surface area contributed by atoms with Gasteiger partial charge in [0.25, 0.3) is 0 Å². The number of thiazole rings is 1. The van der Waals surface area contributed by atoms with Crippen LogP contribution < -0.4 is 9.64 Å². The topological polar surface area (TPSA) is 94.7 Å². The zero-order valence-corrected chi connectivity index (χ0v) is 17.9. The van der Waals surface area contributed by atoms with Crippen molar-refractivity contribution in [2.24, 2.45) is 0 Å². The number of hydrogen-bond donors (Lipinski definition) is 0. The van der Waals surface area contributed by atoms with E-state index in [4.69, 9.17) is 9.72 Å². The minimum atomic E-state index is -0.523. The lowest BCUT2D eigenvalue weighted by atomic mass is 10.1. The number of aromatic nitrogens is 7. The predicted octanol–water partition coefficient (Wildman–Crippen LogP) is 3.10. The Morgan fingerprint density at radius 2 is 2.03 bits per heavy atom. The number of para-hydroxylation sites is 1. The second kappa shape index (κ2) is 8.76. The van der Waals surface area contributed by atoms with E-state index in [-0.39, 0.29) is 0 Å². The first-order valence-electron chi connectivity index (χ1n) is 10.3. The van der Waals surface area contributed by atoms with Crippen LogP contribution in [0, 0.1) is 0 Å². The van der Waals surface area contributed by atoms with Gasteiger partial charge in [0.1, 0.15) is 17.8 Å². The van der Waals surface area contributed by atoms with Crippen LogP contribution in [0.3, 0.4) is 0 Å². The molecule has 31 heavy (non-hydrogen) atoms. The number of nitrogens with zero attached hydrogens (tertiary/aromatic N) is 8. The first-order valence-corrected chi connectivity index (χ1v) is 11.1. The molecule has 158 valence electrons. The Bertz CT molecular complexity index is 1100. The van der Waals surface area contributed by atoms with Crippen LogP contribution in [0.4, 0.5) is 5.95 Å². The molecule has 0 radical (unpaired) electrons. The third-order valence-corrected chi connectivity index (χ3v) is 6.33. The highest BCUT2D eigenvalue weighted by atomic mass is 32.1. The number of hydrogen-bond acceptors (Lipinski definition) is 9.